The number of esters is 1. The molecule has 0 aliphatic rings. The molecule has 1 N–H and O–H groups in total. The molecule has 0 radical (unpaired) electrons. The van der Waals surface area contributed by atoms with Gasteiger partial charge in [-0.15, -0.1) is 0 Å². The fourth-order valence-corrected chi connectivity index (χ4v) is 2.89. The molecule has 7 nitrogen and oxygen atoms in total. The molecule has 26 heavy (non-hydrogen) atoms. The molecule has 2 heterocycles. The van der Waals surface area contributed by atoms with E-state index in [0.717, 1.165) is 24.0 Å². The Hall–Kier alpha value is -2.41. The number of fused-ring (bicyclic) bond motifs is 1. The van der Waals surface area contributed by atoms with Crippen LogP contribution in [0, 0.1) is 6.92 Å². The van der Waals surface area contributed by atoms with Gasteiger partial charge in [0.1, 0.15) is 11.2 Å². The van der Waals surface area contributed by atoms with Gasteiger partial charge in [-0.3, -0.25) is 9.36 Å². The Morgan fingerprint density at radius 3 is 2.65 bits per heavy atom. The second kappa shape index (κ2) is 8.80. The van der Waals surface area contributed by atoms with Crippen LogP contribution in [0.2, 0.25) is 0 Å². The Bertz CT molecular complexity index is 843. The first-order chi connectivity index (χ1) is 12.4. The highest BCUT2D eigenvalue weighted by molar-refractivity contribution is 6.04. The number of aryl methyl sites for hydroxylation is 2. The summed E-state index contributed by atoms with van der Waals surface area (Å²) >= 11 is 0. The Kier molecular flexibility index (Phi) is 6.74. The fraction of sp³-hybridized carbons (Fsp3) is 0.526. The van der Waals surface area contributed by atoms with Crippen molar-refractivity contribution in [2.75, 3.05) is 39.1 Å². The molecule has 142 valence electrons. The van der Waals surface area contributed by atoms with Crippen molar-refractivity contribution in [2.45, 2.75) is 33.7 Å². The summed E-state index contributed by atoms with van der Waals surface area (Å²) in [5.41, 5.74) is 1.60. The van der Waals surface area contributed by atoms with Gasteiger partial charge in [-0.25, -0.2) is 9.78 Å². The van der Waals surface area contributed by atoms with E-state index < -0.39 is 5.97 Å². The molecule has 0 aliphatic heterocycles. The van der Waals surface area contributed by atoms with Crippen molar-refractivity contribution in [1.82, 2.24) is 14.5 Å². The van der Waals surface area contributed by atoms with Crippen molar-refractivity contribution in [1.29, 1.82) is 0 Å². The van der Waals surface area contributed by atoms with Gasteiger partial charge in [0, 0.05) is 24.2 Å². The largest absolute Gasteiger partial charge is 0.462 e. The third-order valence-corrected chi connectivity index (χ3v) is 4.13. The van der Waals surface area contributed by atoms with Gasteiger partial charge in [0.15, 0.2) is 0 Å². The van der Waals surface area contributed by atoms with E-state index in [1.807, 2.05) is 40.1 Å². The number of nitrogens with one attached hydrogen (secondary N) is 1. The van der Waals surface area contributed by atoms with Crippen LogP contribution in [0.25, 0.3) is 11.0 Å². The standard InChI is InChI=1S/C19H28N4O3/c1-6-23-17-14(10-9-13(3)21-17)16(20-11-8-12-22(4)5)15(18(23)24)19(25)26-7-2/h9-10,20H,6-8,11-12H2,1-5H3. The molecule has 0 saturated carbocycles. The van der Waals surface area contributed by atoms with E-state index in [9.17, 15) is 9.59 Å². The van der Waals surface area contributed by atoms with Crippen LogP contribution in [0.3, 0.4) is 0 Å². The highest BCUT2D eigenvalue weighted by Gasteiger charge is 2.23. The Morgan fingerprint density at radius 1 is 1.31 bits per heavy atom. The monoisotopic (exact) mass is 360 g/mol. The smallest absolute Gasteiger partial charge is 0.345 e. The normalized spacial score (nSPS) is 11.2. The molecule has 0 amide bonds. The van der Waals surface area contributed by atoms with Crippen molar-refractivity contribution < 1.29 is 9.53 Å². The van der Waals surface area contributed by atoms with Crippen molar-refractivity contribution in [3.05, 3.63) is 33.7 Å². The van der Waals surface area contributed by atoms with E-state index in [-0.39, 0.29) is 17.7 Å². The summed E-state index contributed by atoms with van der Waals surface area (Å²) in [7, 11) is 4.02. The summed E-state index contributed by atoms with van der Waals surface area (Å²) in [4.78, 5) is 32.1. The highest BCUT2D eigenvalue weighted by atomic mass is 16.5. The van der Waals surface area contributed by atoms with Crippen LogP contribution >= 0.6 is 0 Å². The number of nitrogens with zero attached hydrogens (tertiary/aromatic N) is 3. The number of ether oxygens (including phenoxy) is 1. The first kappa shape index (κ1) is 19.9. The number of hydrogen-bond acceptors (Lipinski definition) is 6. The highest BCUT2D eigenvalue weighted by Crippen LogP contribution is 2.25. The molecule has 2 rings (SSSR count). The molecule has 7 heteroatoms. The quantitative estimate of drug-likeness (QED) is 0.575. The van der Waals surface area contributed by atoms with Gasteiger partial charge in [0.05, 0.1) is 12.3 Å². The number of carbonyl (C=O) groups excluding carboxylic acids is 1. The lowest BCUT2D eigenvalue weighted by Crippen LogP contribution is -2.30. The summed E-state index contributed by atoms with van der Waals surface area (Å²) in [6.45, 7) is 7.67. The van der Waals surface area contributed by atoms with Gasteiger partial charge in [0.2, 0.25) is 0 Å². The number of rotatable bonds is 8. The molecular weight excluding hydrogens is 332 g/mol. The van der Waals surface area contributed by atoms with Crippen molar-refractivity contribution in [3.63, 3.8) is 0 Å². The Balaban J connectivity index is 2.62. The summed E-state index contributed by atoms with van der Waals surface area (Å²) in [5.74, 6) is -0.600. The number of anilines is 1. The van der Waals surface area contributed by atoms with E-state index in [4.69, 9.17) is 4.74 Å². The van der Waals surface area contributed by atoms with E-state index in [2.05, 4.69) is 15.2 Å². The third-order valence-electron chi connectivity index (χ3n) is 4.13. The molecule has 0 fully saturated rings. The van der Waals surface area contributed by atoms with Crippen molar-refractivity contribution in [3.8, 4) is 0 Å². The molecule has 0 bridgehead atoms. The van der Waals surface area contributed by atoms with Gasteiger partial charge < -0.3 is 15.0 Å². The minimum Gasteiger partial charge on any atom is -0.462 e. The lowest BCUT2D eigenvalue weighted by molar-refractivity contribution is 0.0525. The second-order valence-electron chi connectivity index (χ2n) is 6.43. The first-order valence-corrected chi connectivity index (χ1v) is 9.00. The molecule has 0 aliphatic carbocycles. The SMILES string of the molecule is CCOC(=O)c1c(NCCCN(C)C)c2ccc(C)nc2n(CC)c1=O. The molecular formula is C19H28N4O3. The third kappa shape index (κ3) is 4.22. The zero-order chi connectivity index (χ0) is 19.3. The lowest BCUT2D eigenvalue weighted by atomic mass is 10.1. The predicted octanol–water partition coefficient (Wildman–Crippen LogP) is 2.27. The van der Waals surface area contributed by atoms with Crippen LogP contribution in [0.4, 0.5) is 5.69 Å². The average Bonchev–Trinajstić information content (AvgIpc) is 2.58. The van der Waals surface area contributed by atoms with Crippen LogP contribution in [-0.2, 0) is 11.3 Å². The van der Waals surface area contributed by atoms with Gasteiger partial charge >= 0.3 is 5.97 Å². The van der Waals surface area contributed by atoms with Crippen LogP contribution < -0.4 is 10.9 Å². The minimum absolute atomic E-state index is 0.0525. The molecule has 0 spiro atoms. The molecule has 2 aromatic heterocycles. The lowest BCUT2D eigenvalue weighted by Gasteiger charge is -2.18. The Labute approximate surface area is 154 Å². The predicted molar refractivity (Wildman–Crippen MR) is 104 cm³/mol. The molecule has 0 aromatic carbocycles. The van der Waals surface area contributed by atoms with Crippen LogP contribution in [0.5, 0.6) is 0 Å². The van der Waals surface area contributed by atoms with Crippen molar-refractivity contribution >= 4 is 22.7 Å². The van der Waals surface area contributed by atoms with Gasteiger partial charge in [-0.1, -0.05) is 0 Å². The van der Waals surface area contributed by atoms with Gasteiger partial charge in [-0.2, -0.15) is 0 Å². The summed E-state index contributed by atoms with van der Waals surface area (Å²) in [6.07, 6.45) is 0.882. The van der Waals surface area contributed by atoms with Gasteiger partial charge in [-0.05, 0) is 60.0 Å². The van der Waals surface area contributed by atoms with Crippen molar-refractivity contribution in [2.24, 2.45) is 0 Å². The zero-order valence-electron chi connectivity index (χ0n) is 16.3. The second-order valence-corrected chi connectivity index (χ2v) is 6.43. The van der Waals surface area contributed by atoms with E-state index >= 15 is 0 Å². The first-order valence-electron chi connectivity index (χ1n) is 9.00. The summed E-state index contributed by atoms with van der Waals surface area (Å²) in [5, 5.41) is 4.04. The molecule has 0 saturated heterocycles. The number of aromatic nitrogens is 2. The summed E-state index contributed by atoms with van der Waals surface area (Å²) in [6, 6.07) is 3.78. The fourth-order valence-electron chi connectivity index (χ4n) is 2.89. The summed E-state index contributed by atoms with van der Waals surface area (Å²) < 4.78 is 6.67. The molecule has 0 unspecified atom stereocenters. The maximum Gasteiger partial charge on any atom is 0.345 e. The molecule has 2 aromatic rings. The number of hydrogen-bond donors (Lipinski definition) is 1. The maximum absolute atomic E-state index is 13.0. The zero-order valence-corrected chi connectivity index (χ0v) is 16.3. The van der Waals surface area contributed by atoms with Crippen LogP contribution in [0.15, 0.2) is 16.9 Å². The maximum atomic E-state index is 13.0. The van der Waals surface area contributed by atoms with E-state index in [0.29, 0.717) is 24.4 Å². The van der Waals surface area contributed by atoms with E-state index in [1.54, 1.807) is 6.92 Å². The minimum atomic E-state index is -0.600. The molecule has 0 atom stereocenters. The van der Waals surface area contributed by atoms with Crippen LogP contribution in [0.1, 0.15) is 36.3 Å². The van der Waals surface area contributed by atoms with E-state index in [1.165, 1.54) is 4.57 Å². The Morgan fingerprint density at radius 2 is 2.04 bits per heavy atom. The van der Waals surface area contributed by atoms with Crippen LogP contribution in [-0.4, -0.2) is 54.2 Å². The average molecular weight is 360 g/mol. The van der Waals surface area contributed by atoms with Gasteiger partial charge in [0.25, 0.3) is 5.56 Å². The number of pyridine rings is 2. The topological polar surface area (TPSA) is 76.5 Å². The number of carbonyl (C=O) groups is 1.